The van der Waals surface area contributed by atoms with Crippen molar-refractivity contribution in [2.24, 2.45) is 16.6 Å². The molecule has 1 aromatic carbocycles. The smallest absolute Gasteiger partial charge is 0.191 e. The Morgan fingerprint density at radius 2 is 1.85 bits per heavy atom. The molecule has 0 aliphatic carbocycles. The Balaban J connectivity index is 0.00000243. The first kappa shape index (κ1) is 20.7. The molecule has 0 spiro atoms. The van der Waals surface area contributed by atoms with Crippen molar-refractivity contribution in [1.82, 2.24) is 14.7 Å². The van der Waals surface area contributed by atoms with E-state index in [0.29, 0.717) is 12.5 Å². The van der Waals surface area contributed by atoms with Crippen LogP contribution in [0, 0.1) is 19.8 Å². The lowest BCUT2D eigenvalue weighted by atomic mass is 10.00. The molecule has 1 aromatic heterocycles. The average molecular weight is 467 g/mol. The fraction of sp³-hybridized carbons (Fsp3) is 0.500. The zero-order chi connectivity index (χ0) is 17.8. The number of hydrogen-bond donors (Lipinski definition) is 1. The van der Waals surface area contributed by atoms with E-state index in [-0.39, 0.29) is 24.0 Å². The van der Waals surface area contributed by atoms with Crippen LogP contribution in [0.15, 0.2) is 35.3 Å². The van der Waals surface area contributed by atoms with Gasteiger partial charge in [-0.1, -0.05) is 37.3 Å². The molecular formula is C20H30IN5. The minimum Gasteiger partial charge on any atom is -0.370 e. The summed E-state index contributed by atoms with van der Waals surface area (Å²) in [6.07, 6.45) is 2.40. The average Bonchev–Trinajstić information content (AvgIpc) is 2.88. The predicted octanol–water partition coefficient (Wildman–Crippen LogP) is 3.71. The van der Waals surface area contributed by atoms with E-state index in [0.717, 1.165) is 31.2 Å². The summed E-state index contributed by atoms with van der Waals surface area (Å²) in [5.74, 6) is 1.46. The maximum absolute atomic E-state index is 6.22. The molecule has 0 radical (unpaired) electrons. The Morgan fingerprint density at radius 3 is 2.50 bits per heavy atom. The molecule has 1 aliphatic rings. The Morgan fingerprint density at radius 1 is 1.19 bits per heavy atom. The molecule has 142 valence electrons. The zero-order valence-electron chi connectivity index (χ0n) is 16.0. The summed E-state index contributed by atoms with van der Waals surface area (Å²) < 4.78 is 2.06. The van der Waals surface area contributed by atoms with Crippen LogP contribution in [0.5, 0.6) is 0 Å². The molecule has 1 aliphatic heterocycles. The number of hydrogen-bond acceptors (Lipinski definition) is 2. The lowest BCUT2D eigenvalue weighted by Gasteiger charge is -2.31. The third-order valence-electron chi connectivity index (χ3n) is 5.21. The SMILES string of the molecule is Cc1nn(Cc2ccccc2)c(C)c1CN=C(N)N1CCC(C)CC1.I. The maximum atomic E-state index is 6.22. The molecular weight excluding hydrogens is 437 g/mol. The summed E-state index contributed by atoms with van der Waals surface area (Å²) in [4.78, 5) is 6.86. The van der Waals surface area contributed by atoms with Crippen molar-refractivity contribution >= 4 is 29.9 Å². The molecule has 1 saturated heterocycles. The standard InChI is InChI=1S/C20H29N5.HI/c1-15-9-11-24(12-10-15)20(21)22-13-19-16(2)23-25(17(19)3)14-18-7-5-4-6-8-18;/h4-8,15H,9-14H2,1-3H3,(H2,21,22);1H. The zero-order valence-corrected chi connectivity index (χ0v) is 18.3. The second-order valence-corrected chi connectivity index (χ2v) is 7.14. The van der Waals surface area contributed by atoms with E-state index in [9.17, 15) is 0 Å². The van der Waals surface area contributed by atoms with Gasteiger partial charge in [-0.3, -0.25) is 4.68 Å². The first-order chi connectivity index (χ1) is 12.0. The second kappa shape index (κ2) is 9.39. The van der Waals surface area contributed by atoms with Gasteiger partial charge in [0.05, 0.1) is 18.8 Å². The number of guanidine groups is 1. The van der Waals surface area contributed by atoms with Crippen LogP contribution in [0.4, 0.5) is 0 Å². The Hall–Kier alpha value is -1.57. The van der Waals surface area contributed by atoms with Gasteiger partial charge in [0.15, 0.2) is 5.96 Å². The largest absolute Gasteiger partial charge is 0.370 e. The first-order valence-corrected chi connectivity index (χ1v) is 9.16. The van der Waals surface area contributed by atoms with Crippen molar-refractivity contribution in [2.45, 2.75) is 46.7 Å². The highest BCUT2D eigenvalue weighted by Gasteiger charge is 2.17. The van der Waals surface area contributed by atoms with Gasteiger partial charge in [0.1, 0.15) is 0 Å². The molecule has 2 N–H and O–H groups in total. The quantitative estimate of drug-likeness (QED) is 0.424. The molecule has 0 amide bonds. The molecule has 0 saturated carbocycles. The van der Waals surface area contributed by atoms with E-state index in [1.54, 1.807) is 0 Å². The highest BCUT2D eigenvalue weighted by molar-refractivity contribution is 14.0. The van der Waals surface area contributed by atoms with Gasteiger partial charge in [-0.2, -0.15) is 5.10 Å². The third kappa shape index (κ3) is 4.99. The van der Waals surface area contributed by atoms with Gasteiger partial charge in [0.2, 0.25) is 0 Å². The van der Waals surface area contributed by atoms with Gasteiger partial charge >= 0.3 is 0 Å². The van der Waals surface area contributed by atoms with Crippen molar-refractivity contribution in [3.05, 3.63) is 52.8 Å². The Bertz CT molecular complexity index is 730. The topological polar surface area (TPSA) is 59.4 Å². The molecule has 5 nitrogen and oxygen atoms in total. The Kier molecular flexibility index (Phi) is 7.49. The highest BCUT2D eigenvalue weighted by atomic mass is 127. The number of nitrogens with zero attached hydrogens (tertiary/aromatic N) is 4. The monoisotopic (exact) mass is 467 g/mol. The van der Waals surface area contributed by atoms with E-state index in [4.69, 9.17) is 10.8 Å². The summed E-state index contributed by atoms with van der Waals surface area (Å²) >= 11 is 0. The van der Waals surface area contributed by atoms with Crippen LogP contribution in [-0.2, 0) is 13.1 Å². The number of piperidine rings is 1. The number of halogens is 1. The van der Waals surface area contributed by atoms with Crippen LogP contribution in [0.25, 0.3) is 0 Å². The van der Waals surface area contributed by atoms with Crippen molar-refractivity contribution in [3.8, 4) is 0 Å². The van der Waals surface area contributed by atoms with Crippen LogP contribution in [0.1, 0.15) is 42.3 Å². The molecule has 1 fully saturated rings. The lowest BCUT2D eigenvalue weighted by Crippen LogP contribution is -2.42. The van der Waals surface area contributed by atoms with Crippen LogP contribution < -0.4 is 5.73 Å². The molecule has 26 heavy (non-hydrogen) atoms. The number of benzene rings is 1. The maximum Gasteiger partial charge on any atom is 0.191 e. The summed E-state index contributed by atoms with van der Waals surface area (Å²) in [5, 5.41) is 4.70. The van der Waals surface area contributed by atoms with Gasteiger partial charge in [-0.15, -0.1) is 24.0 Å². The van der Waals surface area contributed by atoms with Crippen molar-refractivity contribution < 1.29 is 0 Å². The summed E-state index contributed by atoms with van der Waals surface area (Å²) in [5.41, 5.74) is 10.9. The van der Waals surface area contributed by atoms with E-state index in [1.165, 1.54) is 29.7 Å². The number of likely N-dealkylation sites (tertiary alicyclic amines) is 1. The van der Waals surface area contributed by atoms with E-state index in [1.807, 2.05) is 6.07 Å². The fourth-order valence-corrected chi connectivity index (χ4v) is 3.37. The number of nitrogens with two attached hydrogens (primary N) is 1. The molecule has 0 unspecified atom stereocenters. The van der Waals surface area contributed by atoms with Gasteiger partial charge in [0.25, 0.3) is 0 Å². The van der Waals surface area contributed by atoms with Gasteiger partial charge in [-0.05, 0) is 38.2 Å². The number of aryl methyl sites for hydroxylation is 1. The van der Waals surface area contributed by atoms with E-state index < -0.39 is 0 Å². The molecule has 3 rings (SSSR count). The minimum absolute atomic E-state index is 0. The third-order valence-corrected chi connectivity index (χ3v) is 5.21. The van der Waals surface area contributed by atoms with Crippen LogP contribution in [-0.4, -0.2) is 33.7 Å². The van der Waals surface area contributed by atoms with Crippen molar-refractivity contribution in [2.75, 3.05) is 13.1 Å². The second-order valence-electron chi connectivity index (χ2n) is 7.14. The molecule has 2 heterocycles. The highest BCUT2D eigenvalue weighted by Crippen LogP contribution is 2.18. The molecule has 0 atom stereocenters. The minimum atomic E-state index is 0. The van der Waals surface area contributed by atoms with Gasteiger partial charge in [0, 0.05) is 24.3 Å². The number of aromatic nitrogens is 2. The number of rotatable bonds is 4. The van der Waals surface area contributed by atoms with Gasteiger partial charge in [-0.25, -0.2) is 4.99 Å². The van der Waals surface area contributed by atoms with E-state index >= 15 is 0 Å². The first-order valence-electron chi connectivity index (χ1n) is 9.16. The molecule has 6 heteroatoms. The summed E-state index contributed by atoms with van der Waals surface area (Å²) in [6, 6.07) is 10.4. The van der Waals surface area contributed by atoms with Gasteiger partial charge < -0.3 is 10.6 Å². The van der Waals surface area contributed by atoms with Crippen LogP contribution >= 0.6 is 24.0 Å². The van der Waals surface area contributed by atoms with E-state index in [2.05, 4.69) is 59.6 Å². The van der Waals surface area contributed by atoms with Crippen molar-refractivity contribution in [3.63, 3.8) is 0 Å². The number of aliphatic imine (C=N–C) groups is 1. The normalized spacial score (nSPS) is 15.8. The Labute approximate surface area is 173 Å². The molecule has 2 aromatic rings. The van der Waals surface area contributed by atoms with Crippen molar-refractivity contribution in [1.29, 1.82) is 0 Å². The fourth-order valence-electron chi connectivity index (χ4n) is 3.37. The van der Waals surface area contributed by atoms with Crippen LogP contribution in [0.3, 0.4) is 0 Å². The summed E-state index contributed by atoms with van der Waals surface area (Å²) in [7, 11) is 0. The predicted molar refractivity (Wildman–Crippen MR) is 118 cm³/mol. The lowest BCUT2D eigenvalue weighted by molar-refractivity contribution is 0.277. The summed E-state index contributed by atoms with van der Waals surface area (Å²) in [6.45, 7) is 9.90. The van der Waals surface area contributed by atoms with Crippen LogP contribution in [0.2, 0.25) is 0 Å². The molecule has 0 bridgehead atoms.